The van der Waals surface area contributed by atoms with E-state index in [1.54, 1.807) is 0 Å². The minimum atomic E-state index is -3.58. The van der Waals surface area contributed by atoms with E-state index in [1.165, 1.54) is 18.5 Å². The highest BCUT2D eigenvalue weighted by molar-refractivity contribution is 7.89. The highest BCUT2D eigenvalue weighted by Crippen LogP contribution is 2.16. The van der Waals surface area contributed by atoms with Crippen LogP contribution in [0.1, 0.15) is 39.2 Å². The van der Waals surface area contributed by atoms with Crippen molar-refractivity contribution in [3.05, 3.63) is 24.0 Å². The first-order valence-corrected chi connectivity index (χ1v) is 8.59. The molecule has 0 spiro atoms. The molecule has 0 saturated heterocycles. The Morgan fingerprint density at radius 2 is 2.00 bits per heavy atom. The fraction of sp³-hybridized carbons (Fsp3) is 0.533. The van der Waals surface area contributed by atoms with Crippen molar-refractivity contribution in [3.8, 4) is 11.8 Å². The van der Waals surface area contributed by atoms with Gasteiger partial charge >= 0.3 is 0 Å². The van der Waals surface area contributed by atoms with Crippen LogP contribution in [0.3, 0.4) is 0 Å². The van der Waals surface area contributed by atoms with Crippen LogP contribution < -0.4 is 10.5 Å². The number of hydrogen-bond acceptors (Lipinski definition) is 4. The molecule has 0 radical (unpaired) electrons. The molecule has 6 heteroatoms. The van der Waals surface area contributed by atoms with E-state index >= 15 is 0 Å². The van der Waals surface area contributed by atoms with Crippen LogP contribution in [0.25, 0.3) is 0 Å². The third-order valence-corrected chi connectivity index (χ3v) is 4.98. The van der Waals surface area contributed by atoms with E-state index in [0.29, 0.717) is 11.5 Å². The summed E-state index contributed by atoms with van der Waals surface area (Å²) in [5, 5.41) is 0. The van der Waals surface area contributed by atoms with E-state index in [-0.39, 0.29) is 17.5 Å². The van der Waals surface area contributed by atoms with E-state index in [2.05, 4.69) is 35.4 Å². The van der Waals surface area contributed by atoms with E-state index in [9.17, 15) is 8.42 Å². The Balaban J connectivity index is 2.97. The van der Waals surface area contributed by atoms with Crippen molar-refractivity contribution < 1.29 is 8.42 Å². The molecule has 0 fully saturated rings. The van der Waals surface area contributed by atoms with E-state index in [4.69, 9.17) is 5.73 Å². The number of nitrogens with two attached hydrogens (primary N) is 1. The molecule has 1 atom stereocenters. The van der Waals surface area contributed by atoms with Crippen molar-refractivity contribution in [1.82, 2.24) is 9.71 Å². The zero-order valence-corrected chi connectivity index (χ0v) is 13.6. The summed E-state index contributed by atoms with van der Waals surface area (Å²) >= 11 is 0. The Bertz CT molecular complexity index is 613. The third-order valence-electron chi connectivity index (χ3n) is 3.46. The quantitative estimate of drug-likeness (QED) is 0.780. The van der Waals surface area contributed by atoms with Gasteiger partial charge in [-0.3, -0.25) is 4.98 Å². The third kappa shape index (κ3) is 5.12. The number of hydrogen-bond donors (Lipinski definition) is 2. The van der Waals surface area contributed by atoms with Gasteiger partial charge in [-0.15, -0.1) is 0 Å². The van der Waals surface area contributed by atoms with Gasteiger partial charge < -0.3 is 5.73 Å². The minimum absolute atomic E-state index is 0.121. The second-order valence-corrected chi connectivity index (χ2v) is 6.62. The second-order valence-electron chi connectivity index (χ2n) is 4.90. The first kappa shape index (κ1) is 17.6. The molecule has 5 nitrogen and oxygen atoms in total. The summed E-state index contributed by atoms with van der Waals surface area (Å²) in [4.78, 5) is 4.06. The standard InChI is InChI=1S/C15H23N3O2S/c1-4-14(5-2)12(3)18-21(19,20)15-9-13(7-6-8-16)10-17-11-15/h9-12,14,18H,4-5,8,16H2,1-3H3. The van der Waals surface area contributed by atoms with Crippen molar-refractivity contribution in [3.63, 3.8) is 0 Å². The average molecular weight is 309 g/mol. The summed E-state index contributed by atoms with van der Waals surface area (Å²) in [5.74, 6) is 5.78. The van der Waals surface area contributed by atoms with Crippen LogP contribution in [-0.4, -0.2) is 26.0 Å². The van der Waals surface area contributed by atoms with Gasteiger partial charge in [-0.1, -0.05) is 38.5 Å². The lowest BCUT2D eigenvalue weighted by molar-refractivity contribution is 0.390. The molecule has 1 aromatic rings. The molecule has 0 bridgehead atoms. The maximum absolute atomic E-state index is 12.4. The molecule has 21 heavy (non-hydrogen) atoms. The lowest BCUT2D eigenvalue weighted by Crippen LogP contribution is -2.37. The average Bonchev–Trinajstić information content (AvgIpc) is 2.46. The van der Waals surface area contributed by atoms with Gasteiger partial charge in [0.1, 0.15) is 4.90 Å². The van der Waals surface area contributed by atoms with Crippen LogP contribution in [0.15, 0.2) is 23.4 Å². The molecule has 3 N–H and O–H groups in total. The highest BCUT2D eigenvalue weighted by Gasteiger charge is 2.22. The molecule has 0 amide bonds. The van der Waals surface area contributed by atoms with E-state index in [1.807, 2.05) is 6.92 Å². The van der Waals surface area contributed by atoms with Gasteiger partial charge in [0.15, 0.2) is 0 Å². The van der Waals surface area contributed by atoms with Crippen molar-refractivity contribution in [2.45, 2.75) is 44.6 Å². The highest BCUT2D eigenvalue weighted by atomic mass is 32.2. The molecule has 0 aromatic carbocycles. The number of nitrogens with zero attached hydrogens (tertiary/aromatic N) is 1. The van der Waals surface area contributed by atoms with Crippen LogP contribution in [0, 0.1) is 17.8 Å². The van der Waals surface area contributed by atoms with Gasteiger partial charge in [0.2, 0.25) is 10.0 Å². The molecule has 1 heterocycles. The molecule has 0 saturated carbocycles. The van der Waals surface area contributed by atoms with Crippen LogP contribution >= 0.6 is 0 Å². The van der Waals surface area contributed by atoms with E-state index in [0.717, 1.165) is 12.8 Å². The number of rotatable bonds is 6. The SMILES string of the molecule is CCC(CC)C(C)NS(=O)(=O)c1cncc(C#CCN)c1. The van der Waals surface area contributed by atoms with Gasteiger partial charge in [0, 0.05) is 24.0 Å². The Morgan fingerprint density at radius 1 is 1.33 bits per heavy atom. The predicted octanol–water partition coefficient (Wildman–Crippen LogP) is 1.49. The Hall–Kier alpha value is -1.42. The topological polar surface area (TPSA) is 85.1 Å². The van der Waals surface area contributed by atoms with Crippen molar-refractivity contribution in [2.24, 2.45) is 11.7 Å². The molecular formula is C15H23N3O2S. The number of aromatic nitrogens is 1. The second kappa shape index (κ2) is 8.13. The largest absolute Gasteiger partial charge is 0.320 e. The first-order chi connectivity index (χ1) is 9.94. The summed E-state index contributed by atoms with van der Waals surface area (Å²) in [7, 11) is -3.58. The lowest BCUT2D eigenvalue weighted by Gasteiger charge is -2.22. The molecule has 1 unspecified atom stereocenters. The van der Waals surface area contributed by atoms with Gasteiger partial charge in [-0.25, -0.2) is 13.1 Å². The Kier molecular flexibility index (Phi) is 6.82. The fourth-order valence-corrected chi connectivity index (χ4v) is 3.49. The summed E-state index contributed by atoms with van der Waals surface area (Å²) < 4.78 is 27.5. The van der Waals surface area contributed by atoms with Crippen LogP contribution in [-0.2, 0) is 10.0 Å². The summed E-state index contributed by atoms with van der Waals surface area (Å²) in [5.41, 5.74) is 5.85. The van der Waals surface area contributed by atoms with Crippen LogP contribution in [0.5, 0.6) is 0 Å². The van der Waals surface area contributed by atoms with Crippen LogP contribution in [0.4, 0.5) is 0 Å². The number of nitrogens with one attached hydrogen (secondary N) is 1. The lowest BCUT2D eigenvalue weighted by atomic mass is 9.96. The fourth-order valence-electron chi connectivity index (χ4n) is 2.19. The van der Waals surface area contributed by atoms with Crippen molar-refractivity contribution >= 4 is 10.0 Å². The molecule has 116 valence electrons. The maximum Gasteiger partial charge on any atom is 0.242 e. The zero-order valence-electron chi connectivity index (χ0n) is 12.8. The zero-order chi connectivity index (χ0) is 15.9. The maximum atomic E-state index is 12.4. The van der Waals surface area contributed by atoms with Gasteiger partial charge in [0.25, 0.3) is 0 Å². The van der Waals surface area contributed by atoms with Crippen molar-refractivity contribution in [1.29, 1.82) is 0 Å². The molecular weight excluding hydrogens is 286 g/mol. The predicted molar refractivity (Wildman–Crippen MR) is 84.0 cm³/mol. The van der Waals surface area contributed by atoms with E-state index < -0.39 is 10.0 Å². The molecule has 1 aromatic heterocycles. The molecule has 0 aliphatic heterocycles. The minimum Gasteiger partial charge on any atom is -0.320 e. The summed E-state index contributed by atoms with van der Waals surface area (Å²) in [6, 6.07) is 1.39. The summed E-state index contributed by atoms with van der Waals surface area (Å²) in [6.07, 6.45) is 4.71. The molecule has 0 aliphatic rings. The number of sulfonamides is 1. The molecule has 1 rings (SSSR count). The first-order valence-electron chi connectivity index (χ1n) is 7.10. The monoisotopic (exact) mass is 309 g/mol. The van der Waals surface area contributed by atoms with Crippen LogP contribution in [0.2, 0.25) is 0 Å². The summed E-state index contributed by atoms with van der Waals surface area (Å²) in [6.45, 7) is 6.23. The normalized spacial score (nSPS) is 12.8. The Labute approximate surface area is 127 Å². The number of pyridine rings is 1. The van der Waals surface area contributed by atoms with Crippen molar-refractivity contribution in [2.75, 3.05) is 6.54 Å². The van der Waals surface area contributed by atoms with Gasteiger partial charge in [0.05, 0.1) is 6.54 Å². The van der Waals surface area contributed by atoms with Gasteiger partial charge in [-0.05, 0) is 18.9 Å². The molecule has 0 aliphatic carbocycles. The van der Waals surface area contributed by atoms with Gasteiger partial charge in [-0.2, -0.15) is 0 Å². The smallest absolute Gasteiger partial charge is 0.242 e. The Morgan fingerprint density at radius 3 is 2.57 bits per heavy atom.